The van der Waals surface area contributed by atoms with E-state index in [-0.39, 0.29) is 13.6 Å². The number of hydrogen-bond acceptors (Lipinski definition) is 5. The maximum absolute atomic E-state index is 12.3. The molecule has 0 bridgehead atoms. The number of nitrogens with one attached hydrogen (secondary N) is 1. The van der Waals surface area contributed by atoms with Crippen LogP contribution < -0.4 is 4.72 Å². The average Bonchev–Trinajstić information content (AvgIpc) is 2.82. The van der Waals surface area contributed by atoms with Crippen LogP contribution in [0.5, 0.6) is 0 Å². The summed E-state index contributed by atoms with van der Waals surface area (Å²) >= 11 is 3.95. The van der Waals surface area contributed by atoms with Gasteiger partial charge >= 0.3 is 5.97 Å². The molecule has 0 aliphatic rings. The van der Waals surface area contributed by atoms with Gasteiger partial charge in [-0.1, -0.05) is 6.07 Å². The fourth-order valence-corrected chi connectivity index (χ4v) is 5.27. The van der Waals surface area contributed by atoms with Crippen LogP contribution in [0.25, 0.3) is 0 Å². The van der Waals surface area contributed by atoms with Gasteiger partial charge in [0.05, 0.1) is 3.79 Å². The molecule has 2 heterocycles. The molecular weight excluding hydrogens is 380 g/mol. The smallest absolute Gasteiger partial charge is 0.345 e. The van der Waals surface area contributed by atoms with Crippen LogP contribution in [0.3, 0.4) is 0 Å². The first-order valence-electron chi connectivity index (χ1n) is 5.76. The number of rotatable bonds is 5. The Morgan fingerprint density at radius 3 is 2.76 bits per heavy atom. The Morgan fingerprint density at radius 2 is 2.24 bits per heavy atom. The summed E-state index contributed by atoms with van der Waals surface area (Å²) in [4.78, 5) is 14.7. The highest BCUT2D eigenvalue weighted by Gasteiger charge is 2.25. The molecule has 0 radical (unpaired) electrons. The molecule has 9 heteroatoms. The molecule has 0 amide bonds. The van der Waals surface area contributed by atoms with Gasteiger partial charge in [0.2, 0.25) is 10.0 Å². The summed E-state index contributed by atoms with van der Waals surface area (Å²) in [6.45, 7) is 1.69. The molecule has 0 fully saturated rings. The molecule has 0 aromatic carbocycles. The molecule has 6 nitrogen and oxygen atoms in total. The summed E-state index contributed by atoms with van der Waals surface area (Å²) in [6, 6.07) is 4.12. The van der Waals surface area contributed by atoms with Crippen LogP contribution in [-0.2, 0) is 10.0 Å². The first kappa shape index (κ1) is 16.1. The molecule has 1 atom stereocenters. The first-order chi connectivity index (χ1) is 9.81. The molecule has 0 saturated carbocycles. The van der Waals surface area contributed by atoms with Crippen LogP contribution in [0.2, 0.25) is 0 Å². The second kappa shape index (κ2) is 6.22. The Labute approximate surface area is 134 Å². The third-order valence-corrected chi connectivity index (χ3v) is 6.45. The minimum atomic E-state index is -3.83. The Balaban J connectivity index is 2.29. The Kier molecular flexibility index (Phi) is 4.77. The molecule has 0 aliphatic carbocycles. The summed E-state index contributed by atoms with van der Waals surface area (Å²) in [5.41, 5.74) is 0.714. The van der Waals surface area contributed by atoms with Crippen molar-refractivity contribution in [3.63, 3.8) is 0 Å². The highest BCUT2D eigenvalue weighted by Crippen LogP contribution is 2.32. The van der Waals surface area contributed by atoms with Gasteiger partial charge in [0.1, 0.15) is 9.77 Å². The van der Waals surface area contributed by atoms with Crippen LogP contribution in [-0.4, -0.2) is 24.5 Å². The number of sulfonamides is 1. The quantitative estimate of drug-likeness (QED) is 0.817. The lowest BCUT2D eigenvalue weighted by molar-refractivity contribution is 0.0702. The van der Waals surface area contributed by atoms with Crippen molar-refractivity contribution in [1.29, 1.82) is 0 Å². The van der Waals surface area contributed by atoms with E-state index >= 15 is 0 Å². The van der Waals surface area contributed by atoms with Crippen LogP contribution in [0.15, 0.2) is 39.3 Å². The molecule has 2 N–H and O–H groups in total. The fraction of sp³-hybridized carbons (Fsp3) is 0.167. The predicted octanol–water partition coefficient (Wildman–Crippen LogP) is 2.64. The fourth-order valence-electron chi connectivity index (χ4n) is 1.64. The van der Waals surface area contributed by atoms with Crippen molar-refractivity contribution in [3.8, 4) is 0 Å². The Bertz CT molecular complexity index is 759. The lowest BCUT2D eigenvalue weighted by atomic mass is 10.2. The van der Waals surface area contributed by atoms with Gasteiger partial charge in [-0.3, -0.25) is 4.98 Å². The van der Waals surface area contributed by atoms with Gasteiger partial charge in [0.25, 0.3) is 0 Å². The molecule has 0 spiro atoms. The number of thiophene rings is 1. The van der Waals surface area contributed by atoms with E-state index in [2.05, 4.69) is 25.6 Å². The van der Waals surface area contributed by atoms with Gasteiger partial charge in [-0.05, 0) is 40.5 Å². The Morgan fingerprint density at radius 1 is 1.52 bits per heavy atom. The number of pyridine rings is 1. The molecule has 0 saturated heterocycles. The standard InChI is InChI=1S/C12H11BrN2O4S2/c1-7(8-3-2-4-14-6-8)15-21(18,19)10-5-9(12(16)17)20-11(10)13/h2-7,15H,1H3,(H,16,17). The van der Waals surface area contributed by atoms with E-state index in [4.69, 9.17) is 5.11 Å². The third kappa shape index (κ3) is 3.67. The highest BCUT2D eigenvalue weighted by molar-refractivity contribution is 9.11. The van der Waals surface area contributed by atoms with E-state index in [1.54, 1.807) is 31.5 Å². The van der Waals surface area contributed by atoms with E-state index in [0.717, 1.165) is 17.4 Å². The minimum Gasteiger partial charge on any atom is -0.477 e. The van der Waals surface area contributed by atoms with E-state index in [1.807, 2.05) is 0 Å². The lowest BCUT2D eigenvalue weighted by Crippen LogP contribution is -2.26. The van der Waals surface area contributed by atoms with E-state index < -0.39 is 22.0 Å². The number of carbonyl (C=O) groups is 1. The second-order valence-electron chi connectivity index (χ2n) is 4.18. The highest BCUT2D eigenvalue weighted by atomic mass is 79.9. The molecule has 2 aromatic rings. The number of hydrogen-bond donors (Lipinski definition) is 2. The van der Waals surface area contributed by atoms with E-state index in [9.17, 15) is 13.2 Å². The monoisotopic (exact) mass is 390 g/mol. The average molecular weight is 391 g/mol. The maximum atomic E-state index is 12.3. The summed E-state index contributed by atoms with van der Waals surface area (Å²) in [6.07, 6.45) is 3.16. The molecular formula is C12H11BrN2O4S2. The maximum Gasteiger partial charge on any atom is 0.345 e. The number of aromatic nitrogens is 1. The molecule has 21 heavy (non-hydrogen) atoms. The molecule has 1 unspecified atom stereocenters. The molecule has 2 rings (SSSR count). The van der Waals surface area contributed by atoms with E-state index in [0.29, 0.717) is 5.56 Å². The van der Waals surface area contributed by atoms with Crippen molar-refractivity contribution in [3.05, 3.63) is 44.8 Å². The number of carboxylic acids is 1. The zero-order chi connectivity index (χ0) is 15.6. The van der Waals surface area contributed by atoms with Crippen LogP contribution in [0.4, 0.5) is 0 Å². The number of aromatic carboxylic acids is 1. The zero-order valence-corrected chi connectivity index (χ0v) is 14.0. The normalized spacial score (nSPS) is 13.0. The predicted molar refractivity (Wildman–Crippen MR) is 82.0 cm³/mol. The second-order valence-corrected chi connectivity index (χ2v) is 8.24. The summed E-state index contributed by atoms with van der Waals surface area (Å²) in [5, 5.41) is 8.91. The number of halogens is 1. The van der Waals surface area contributed by atoms with Crippen LogP contribution >= 0.6 is 27.3 Å². The first-order valence-corrected chi connectivity index (χ1v) is 8.85. The van der Waals surface area contributed by atoms with Crippen molar-refractivity contribution >= 4 is 43.3 Å². The summed E-state index contributed by atoms with van der Waals surface area (Å²) < 4.78 is 27.4. The van der Waals surface area contributed by atoms with Gasteiger partial charge in [0, 0.05) is 18.4 Å². The molecule has 0 aliphatic heterocycles. The van der Waals surface area contributed by atoms with Gasteiger partial charge in [-0.25, -0.2) is 17.9 Å². The SMILES string of the molecule is CC(NS(=O)(=O)c1cc(C(=O)O)sc1Br)c1cccnc1. The van der Waals surface area contributed by atoms with Gasteiger partial charge in [0.15, 0.2) is 0 Å². The Hall–Kier alpha value is -1.29. The van der Waals surface area contributed by atoms with Gasteiger partial charge < -0.3 is 5.11 Å². The van der Waals surface area contributed by atoms with Crippen molar-refractivity contribution in [1.82, 2.24) is 9.71 Å². The van der Waals surface area contributed by atoms with Gasteiger partial charge in [-0.15, -0.1) is 11.3 Å². The van der Waals surface area contributed by atoms with Crippen molar-refractivity contribution in [2.75, 3.05) is 0 Å². The summed E-state index contributed by atoms with van der Waals surface area (Å²) in [7, 11) is -3.83. The van der Waals surface area contributed by atoms with Crippen molar-refractivity contribution in [2.45, 2.75) is 17.9 Å². The largest absolute Gasteiger partial charge is 0.477 e. The van der Waals surface area contributed by atoms with Crippen LogP contribution in [0.1, 0.15) is 28.2 Å². The van der Waals surface area contributed by atoms with E-state index in [1.165, 1.54) is 0 Å². The topological polar surface area (TPSA) is 96.4 Å². The van der Waals surface area contributed by atoms with Gasteiger partial charge in [-0.2, -0.15) is 0 Å². The molecule has 112 valence electrons. The number of carboxylic acid groups (broad SMARTS) is 1. The molecule has 2 aromatic heterocycles. The van der Waals surface area contributed by atoms with Crippen molar-refractivity contribution in [2.24, 2.45) is 0 Å². The lowest BCUT2D eigenvalue weighted by Gasteiger charge is -2.13. The van der Waals surface area contributed by atoms with Crippen molar-refractivity contribution < 1.29 is 18.3 Å². The minimum absolute atomic E-state index is 0.0451. The number of nitrogens with zero attached hydrogens (tertiary/aromatic N) is 1. The summed E-state index contributed by atoms with van der Waals surface area (Å²) in [5.74, 6) is -1.16. The van der Waals surface area contributed by atoms with Crippen LogP contribution in [0, 0.1) is 0 Å². The zero-order valence-electron chi connectivity index (χ0n) is 10.8. The third-order valence-electron chi connectivity index (χ3n) is 2.67.